The van der Waals surface area contributed by atoms with Gasteiger partial charge in [-0.1, -0.05) is 11.6 Å². The summed E-state index contributed by atoms with van der Waals surface area (Å²) in [6.07, 6.45) is 5.61. The number of ether oxygens (including phenoxy) is 1. The number of methoxy groups -OCH3 is 1. The second kappa shape index (κ2) is 6.62. The number of hydrogen-bond acceptors (Lipinski definition) is 7. The third kappa shape index (κ3) is 3.55. The van der Waals surface area contributed by atoms with Crippen molar-refractivity contribution in [3.8, 4) is 17.4 Å². The Morgan fingerprint density at radius 3 is 3.00 bits per heavy atom. The number of piperidine rings is 1. The summed E-state index contributed by atoms with van der Waals surface area (Å²) < 4.78 is 10.2. The minimum absolute atomic E-state index is 0.464. The number of aromatic nitrogens is 4. The van der Waals surface area contributed by atoms with Crippen molar-refractivity contribution in [2.75, 3.05) is 13.7 Å². The first-order valence-corrected chi connectivity index (χ1v) is 7.29. The lowest BCUT2D eigenvalue weighted by atomic mass is 10.0. The van der Waals surface area contributed by atoms with Gasteiger partial charge in [-0.15, -0.1) is 10.2 Å². The van der Waals surface area contributed by atoms with E-state index in [4.69, 9.17) is 9.26 Å². The zero-order valence-corrected chi connectivity index (χ0v) is 12.1. The van der Waals surface area contributed by atoms with Gasteiger partial charge in [-0.05, 0) is 31.9 Å². The van der Waals surface area contributed by atoms with Crippen LogP contribution in [0.1, 0.15) is 31.6 Å². The first-order valence-electron chi connectivity index (χ1n) is 7.29. The quantitative estimate of drug-likeness (QED) is 0.894. The topological polar surface area (TPSA) is 86.0 Å². The molecular weight excluding hydrogens is 270 g/mol. The molecule has 7 heteroatoms. The zero-order chi connectivity index (χ0) is 14.5. The maximum absolute atomic E-state index is 5.28. The Hall–Kier alpha value is -2.02. The van der Waals surface area contributed by atoms with Gasteiger partial charge in [0.2, 0.25) is 17.6 Å². The van der Waals surface area contributed by atoms with Gasteiger partial charge in [0.05, 0.1) is 7.11 Å². The predicted molar refractivity (Wildman–Crippen MR) is 75.8 cm³/mol. The van der Waals surface area contributed by atoms with E-state index in [1.807, 2.05) is 0 Å². The third-order valence-corrected chi connectivity index (χ3v) is 3.67. The molecule has 7 nitrogen and oxygen atoms in total. The summed E-state index contributed by atoms with van der Waals surface area (Å²) in [6.45, 7) is 1.11. The van der Waals surface area contributed by atoms with Gasteiger partial charge in [0, 0.05) is 18.5 Å². The van der Waals surface area contributed by atoms with Crippen LogP contribution in [0.4, 0.5) is 0 Å². The van der Waals surface area contributed by atoms with Gasteiger partial charge < -0.3 is 14.6 Å². The van der Waals surface area contributed by atoms with Crippen LogP contribution in [0.2, 0.25) is 0 Å². The lowest BCUT2D eigenvalue weighted by Gasteiger charge is -2.22. The van der Waals surface area contributed by atoms with Gasteiger partial charge in [0.25, 0.3) is 0 Å². The van der Waals surface area contributed by atoms with Crippen molar-refractivity contribution in [3.63, 3.8) is 0 Å². The summed E-state index contributed by atoms with van der Waals surface area (Å²) in [4.78, 5) is 4.37. The highest BCUT2D eigenvalue weighted by Gasteiger charge is 2.15. The zero-order valence-electron chi connectivity index (χ0n) is 12.1. The Kier molecular flexibility index (Phi) is 4.40. The highest BCUT2D eigenvalue weighted by molar-refractivity contribution is 5.47. The Morgan fingerprint density at radius 1 is 1.33 bits per heavy atom. The molecule has 1 atom stereocenters. The van der Waals surface area contributed by atoms with Gasteiger partial charge in [0.1, 0.15) is 5.69 Å². The van der Waals surface area contributed by atoms with Gasteiger partial charge in [-0.25, -0.2) is 0 Å². The SMILES string of the molecule is COc1ccc(-c2noc(CCC3CCCCN3)n2)nn1. The first kappa shape index (κ1) is 13.9. The van der Waals surface area contributed by atoms with Crippen molar-refractivity contribution in [2.24, 2.45) is 0 Å². The minimum Gasteiger partial charge on any atom is -0.480 e. The van der Waals surface area contributed by atoms with Crippen molar-refractivity contribution in [2.45, 2.75) is 38.1 Å². The van der Waals surface area contributed by atoms with Crippen LogP contribution in [0.25, 0.3) is 11.5 Å². The average Bonchev–Trinajstić information content (AvgIpc) is 3.03. The number of aryl methyl sites for hydroxylation is 1. The van der Waals surface area contributed by atoms with Gasteiger partial charge in [-0.2, -0.15) is 4.98 Å². The second-order valence-electron chi connectivity index (χ2n) is 5.16. The largest absolute Gasteiger partial charge is 0.480 e. The van der Waals surface area contributed by atoms with Crippen molar-refractivity contribution in [1.29, 1.82) is 0 Å². The van der Waals surface area contributed by atoms with E-state index in [1.165, 1.54) is 19.3 Å². The van der Waals surface area contributed by atoms with E-state index in [9.17, 15) is 0 Å². The summed E-state index contributed by atoms with van der Waals surface area (Å²) in [6, 6.07) is 4.06. The molecule has 0 radical (unpaired) electrons. The Labute approximate surface area is 123 Å². The van der Waals surface area contributed by atoms with E-state index in [-0.39, 0.29) is 0 Å². The highest BCUT2D eigenvalue weighted by atomic mass is 16.5. The monoisotopic (exact) mass is 289 g/mol. The molecule has 0 aromatic carbocycles. The summed E-state index contributed by atoms with van der Waals surface area (Å²) in [5.74, 6) is 1.58. The van der Waals surface area contributed by atoms with E-state index < -0.39 is 0 Å². The molecule has 1 unspecified atom stereocenters. The van der Waals surface area contributed by atoms with E-state index in [0.29, 0.717) is 29.3 Å². The molecule has 0 amide bonds. The smallest absolute Gasteiger partial charge is 0.233 e. The normalized spacial score (nSPS) is 18.6. The average molecular weight is 289 g/mol. The van der Waals surface area contributed by atoms with Crippen molar-refractivity contribution in [1.82, 2.24) is 25.7 Å². The number of hydrogen-bond donors (Lipinski definition) is 1. The molecule has 3 heterocycles. The van der Waals surface area contributed by atoms with Crippen molar-refractivity contribution >= 4 is 0 Å². The number of nitrogens with zero attached hydrogens (tertiary/aromatic N) is 4. The molecule has 112 valence electrons. The standard InChI is InChI=1S/C14H19N5O2/c1-20-13-8-6-11(17-18-13)14-16-12(21-19-14)7-5-10-4-2-3-9-15-10/h6,8,10,15H,2-5,7,9H2,1H3. The van der Waals surface area contributed by atoms with Gasteiger partial charge >= 0.3 is 0 Å². The predicted octanol–water partition coefficient (Wildman–Crippen LogP) is 1.61. The van der Waals surface area contributed by atoms with Crippen molar-refractivity contribution < 1.29 is 9.26 Å². The lowest BCUT2D eigenvalue weighted by molar-refractivity contribution is 0.342. The van der Waals surface area contributed by atoms with Crippen LogP contribution in [0.3, 0.4) is 0 Å². The molecule has 1 aliphatic heterocycles. The molecule has 0 saturated carbocycles. The molecule has 3 rings (SSSR count). The molecule has 1 aliphatic rings. The number of rotatable bonds is 5. The molecule has 2 aromatic rings. The molecular formula is C14H19N5O2. The first-order chi connectivity index (χ1) is 10.3. The molecule has 21 heavy (non-hydrogen) atoms. The fraction of sp³-hybridized carbons (Fsp3) is 0.571. The summed E-state index contributed by atoms with van der Waals surface area (Å²) in [7, 11) is 1.55. The maximum Gasteiger partial charge on any atom is 0.233 e. The molecule has 2 aromatic heterocycles. The van der Waals surface area contributed by atoms with Crippen LogP contribution >= 0.6 is 0 Å². The summed E-state index contributed by atoms with van der Waals surface area (Å²) in [5.41, 5.74) is 0.585. The van der Waals surface area contributed by atoms with Crippen LogP contribution in [-0.2, 0) is 6.42 Å². The van der Waals surface area contributed by atoms with Crippen LogP contribution in [0.5, 0.6) is 5.88 Å². The van der Waals surface area contributed by atoms with Crippen molar-refractivity contribution in [3.05, 3.63) is 18.0 Å². The summed E-state index contributed by atoms with van der Waals surface area (Å²) in [5, 5.41) is 15.4. The summed E-state index contributed by atoms with van der Waals surface area (Å²) >= 11 is 0. The van der Waals surface area contributed by atoms with Crippen LogP contribution < -0.4 is 10.1 Å². The fourth-order valence-electron chi connectivity index (χ4n) is 2.48. The molecule has 1 N–H and O–H groups in total. The molecule has 0 spiro atoms. The van der Waals surface area contributed by atoms with E-state index in [1.54, 1.807) is 19.2 Å². The minimum atomic E-state index is 0.464. The third-order valence-electron chi connectivity index (χ3n) is 3.67. The molecule has 0 bridgehead atoms. The van der Waals surface area contributed by atoms with E-state index >= 15 is 0 Å². The van der Waals surface area contributed by atoms with Gasteiger partial charge in [-0.3, -0.25) is 0 Å². The molecule has 1 saturated heterocycles. The molecule has 0 aliphatic carbocycles. The van der Waals surface area contributed by atoms with Crippen LogP contribution in [-0.4, -0.2) is 40.0 Å². The van der Waals surface area contributed by atoms with Gasteiger partial charge in [0.15, 0.2) is 0 Å². The highest BCUT2D eigenvalue weighted by Crippen LogP contribution is 2.16. The maximum atomic E-state index is 5.28. The Morgan fingerprint density at radius 2 is 2.29 bits per heavy atom. The second-order valence-corrected chi connectivity index (χ2v) is 5.16. The molecule has 1 fully saturated rings. The Bertz CT molecular complexity index is 563. The van der Waals surface area contributed by atoms with E-state index in [2.05, 4.69) is 25.7 Å². The lowest BCUT2D eigenvalue weighted by Crippen LogP contribution is -2.34. The van der Waals surface area contributed by atoms with Crippen LogP contribution in [0, 0.1) is 0 Å². The van der Waals surface area contributed by atoms with Crippen LogP contribution in [0.15, 0.2) is 16.7 Å². The fourth-order valence-corrected chi connectivity index (χ4v) is 2.48. The van der Waals surface area contributed by atoms with E-state index in [0.717, 1.165) is 19.4 Å². The Balaban J connectivity index is 1.59. The number of nitrogens with one attached hydrogen (secondary N) is 1.